The molecule has 3 aromatic rings. The van der Waals surface area contributed by atoms with E-state index in [4.69, 9.17) is 4.99 Å². The van der Waals surface area contributed by atoms with Gasteiger partial charge < -0.3 is 4.30 Å². The van der Waals surface area contributed by atoms with Crippen molar-refractivity contribution in [2.24, 2.45) is 4.99 Å². The van der Waals surface area contributed by atoms with E-state index in [1.807, 2.05) is 6.21 Å². The molecule has 0 aromatic heterocycles. The standard InChI is InChI=1S/C17H18N.C7H8N.C2H5.Al/c1-3-14-8-7-11-17(12-14)18-13-16-10-6-5-9-15(16)4-2;1-6-3-2-4-7(8)5-6;1-2;/h5-13H,2-4H2,1H3;2-5,8H,1H3;1H2,2H3;/q;-1;;+1. The van der Waals surface area contributed by atoms with Gasteiger partial charge >= 0.3 is 14.4 Å². The summed E-state index contributed by atoms with van der Waals surface area (Å²) in [5.74, 6) is 0. The lowest BCUT2D eigenvalue weighted by molar-refractivity contribution is 1.09. The third kappa shape index (κ3) is 6.60. The Balaban J connectivity index is 1.67. The summed E-state index contributed by atoms with van der Waals surface area (Å²) >= 11 is -1.04. The monoisotopic (exact) mass is 398 g/mol. The molecule has 0 radical (unpaired) electrons. The van der Waals surface area contributed by atoms with Gasteiger partial charge in [-0.3, -0.25) is 4.99 Å². The van der Waals surface area contributed by atoms with Crippen molar-refractivity contribution in [3.8, 4) is 0 Å². The number of nitrogens with zero attached hydrogens (tertiary/aromatic N) is 1. The van der Waals surface area contributed by atoms with Gasteiger partial charge in [0.1, 0.15) is 0 Å². The predicted octanol–water partition coefficient (Wildman–Crippen LogP) is 6.97. The Hall–Kier alpha value is -2.34. The van der Waals surface area contributed by atoms with E-state index in [2.05, 4.69) is 97.9 Å². The molecule has 0 atom stereocenters. The van der Waals surface area contributed by atoms with Gasteiger partial charge in [-0.05, 0) is 66.3 Å². The Labute approximate surface area is 180 Å². The van der Waals surface area contributed by atoms with Crippen molar-refractivity contribution < 1.29 is 0 Å². The van der Waals surface area contributed by atoms with Crippen LogP contribution in [0.2, 0.25) is 10.6 Å². The quantitative estimate of drug-likeness (QED) is 0.305. The average molecular weight is 399 g/mol. The number of nitrogens with one attached hydrogen (secondary N) is 1. The topological polar surface area (TPSA) is 24.4 Å². The number of hydrogen-bond donors (Lipinski definition) is 1. The highest BCUT2D eigenvalue weighted by Crippen LogP contribution is 2.18. The maximum Gasteiger partial charge on any atom is 0.411 e. The largest absolute Gasteiger partial charge is 0.476 e. The number of aliphatic imine (C=N–C) groups is 1. The third-order valence-electron chi connectivity index (χ3n) is 5.37. The van der Waals surface area contributed by atoms with Gasteiger partial charge in [-0.1, -0.05) is 72.9 Å². The van der Waals surface area contributed by atoms with Crippen LogP contribution in [0.3, 0.4) is 0 Å². The normalized spacial score (nSPS) is 11.0. The van der Waals surface area contributed by atoms with Gasteiger partial charge in [0.25, 0.3) is 0 Å². The summed E-state index contributed by atoms with van der Waals surface area (Å²) < 4.78 is 3.83. The number of aryl methyl sites for hydroxylation is 3. The smallest absolute Gasteiger partial charge is 0.411 e. The lowest BCUT2D eigenvalue weighted by Gasteiger charge is -2.14. The summed E-state index contributed by atoms with van der Waals surface area (Å²) in [4.78, 5) is 4.74. The van der Waals surface area contributed by atoms with Crippen LogP contribution in [0.15, 0.2) is 77.8 Å². The number of rotatable bonds is 9. The van der Waals surface area contributed by atoms with Crippen molar-refractivity contribution in [2.45, 2.75) is 44.2 Å². The van der Waals surface area contributed by atoms with E-state index < -0.39 is 14.4 Å². The molecule has 3 rings (SSSR count). The van der Waals surface area contributed by atoms with E-state index in [9.17, 15) is 0 Å². The van der Waals surface area contributed by atoms with Crippen molar-refractivity contribution in [1.29, 1.82) is 0 Å². The van der Waals surface area contributed by atoms with Crippen LogP contribution in [0.4, 0.5) is 11.4 Å². The number of hydrogen-bond acceptors (Lipinski definition) is 2. The van der Waals surface area contributed by atoms with Crippen LogP contribution in [-0.4, -0.2) is 20.6 Å². The third-order valence-corrected chi connectivity index (χ3v) is 8.08. The van der Waals surface area contributed by atoms with Gasteiger partial charge in [-0.2, -0.15) is 0 Å². The average Bonchev–Trinajstić information content (AvgIpc) is 2.76. The van der Waals surface area contributed by atoms with Gasteiger partial charge in [-0.15, -0.1) is 0 Å². The molecule has 0 amide bonds. The molecule has 1 N–H and O–H groups in total. The number of benzene rings is 3. The first-order valence-corrected chi connectivity index (χ1v) is 12.9. The van der Waals surface area contributed by atoms with Crippen LogP contribution in [0.5, 0.6) is 0 Å². The Morgan fingerprint density at radius 1 is 0.931 bits per heavy atom. The molecule has 0 aliphatic carbocycles. The minimum absolute atomic E-state index is 1.03. The first-order chi connectivity index (χ1) is 14.2. The Bertz CT molecular complexity index is 949. The molecule has 0 heterocycles. The van der Waals surface area contributed by atoms with Crippen LogP contribution in [-0.2, 0) is 12.8 Å². The molecule has 148 valence electrons. The fourth-order valence-corrected chi connectivity index (χ4v) is 5.63. The fourth-order valence-electron chi connectivity index (χ4n) is 3.57. The Morgan fingerprint density at radius 3 is 2.55 bits per heavy atom. The predicted molar refractivity (Wildman–Crippen MR) is 129 cm³/mol. The van der Waals surface area contributed by atoms with Crippen molar-refractivity contribution in [1.82, 2.24) is 0 Å². The second-order valence-corrected chi connectivity index (χ2v) is 10.7. The summed E-state index contributed by atoms with van der Waals surface area (Å²) in [5.41, 5.74) is 7.56. The molecule has 0 saturated heterocycles. The highest BCUT2D eigenvalue weighted by molar-refractivity contribution is 6.62. The zero-order chi connectivity index (χ0) is 20.5. The SMILES string of the molecule is CCc1cccc(N=Cc2ccccc2C[CH2][Al]([CH2]C)[NH]c2cccc(C)c2)c1. The Kier molecular flexibility index (Phi) is 8.11. The molecular formula is C26H31AlN2. The van der Waals surface area contributed by atoms with Crippen molar-refractivity contribution in [2.75, 3.05) is 4.30 Å². The maximum atomic E-state index is 4.74. The van der Waals surface area contributed by atoms with Crippen LogP contribution in [0.25, 0.3) is 0 Å². The van der Waals surface area contributed by atoms with E-state index in [0.717, 1.165) is 18.5 Å². The molecule has 3 aromatic carbocycles. The molecule has 0 unspecified atom stereocenters. The van der Waals surface area contributed by atoms with E-state index >= 15 is 0 Å². The molecule has 0 saturated carbocycles. The van der Waals surface area contributed by atoms with Gasteiger partial charge in [0, 0.05) is 11.9 Å². The van der Waals surface area contributed by atoms with Crippen LogP contribution in [0, 0.1) is 6.92 Å². The van der Waals surface area contributed by atoms with Crippen LogP contribution >= 0.6 is 0 Å². The van der Waals surface area contributed by atoms with Gasteiger partial charge in [-0.25, -0.2) is 0 Å². The summed E-state index contributed by atoms with van der Waals surface area (Å²) in [5, 5.41) is 2.48. The van der Waals surface area contributed by atoms with E-state index in [0.29, 0.717) is 0 Å². The van der Waals surface area contributed by atoms with Gasteiger partial charge in [0.05, 0.1) is 5.69 Å². The highest BCUT2D eigenvalue weighted by Gasteiger charge is 2.17. The molecular weight excluding hydrogens is 367 g/mol. The first-order valence-electron chi connectivity index (χ1n) is 10.7. The van der Waals surface area contributed by atoms with Crippen molar-refractivity contribution in [3.63, 3.8) is 0 Å². The molecule has 0 spiro atoms. The van der Waals surface area contributed by atoms with Crippen molar-refractivity contribution in [3.05, 3.63) is 95.1 Å². The molecule has 2 nitrogen and oxygen atoms in total. The summed E-state index contributed by atoms with van der Waals surface area (Å²) in [6.07, 6.45) is 4.16. The number of anilines is 1. The maximum absolute atomic E-state index is 4.74. The lowest BCUT2D eigenvalue weighted by atomic mass is 10.1. The van der Waals surface area contributed by atoms with Crippen LogP contribution < -0.4 is 4.30 Å². The van der Waals surface area contributed by atoms with Gasteiger partial charge in [0.2, 0.25) is 0 Å². The molecule has 29 heavy (non-hydrogen) atoms. The molecule has 0 bridgehead atoms. The zero-order valence-corrected chi connectivity index (χ0v) is 19.0. The van der Waals surface area contributed by atoms with Crippen molar-refractivity contribution >= 4 is 32.0 Å². The van der Waals surface area contributed by atoms with E-state index in [1.54, 1.807) is 0 Å². The molecule has 0 aliphatic heterocycles. The molecule has 0 fully saturated rings. The Morgan fingerprint density at radius 2 is 1.76 bits per heavy atom. The minimum atomic E-state index is -1.04. The zero-order valence-electron chi connectivity index (χ0n) is 17.9. The minimum Gasteiger partial charge on any atom is -0.476 e. The second kappa shape index (κ2) is 11.0. The summed E-state index contributed by atoms with van der Waals surface area (Å²) in [6.45, 7) is 6.64. The lowest BCUT2D eigenvalue weighted by Crippen LogP contribution is -2.24. The highest BCUT2D eigenvalue weighted by atomic mass is 27.2. The summed E-state index contributed by atoms with van der Waals surface area (Å²) in [7, 11) is 0. The second-order valence-electron chi connectivity index (χ2n) is 7.64. The fraction of sp³-hybridized carbons (Fsp3) is 0.269. The van der Waals surface area contributed by atoms with E-state index in [-0.39, 0.29) is 0 Å². The van der Waals surface area contributed by atoms with E-state index in [1.165, 1.54) is 38.5 Å². The van der Waals surface area contributed by atoms with Crippen LogP contribution in [0.1, 0.15) is 36.1 Å². The summed E-state index contributed by atoms with van der Waals surface area (Å²) in [6, 6.07) is 25.9. The van der Waals surface area contributed by atoms with Gasteiger partial charge in [0.15, 0.2) is 0 Å². The molecule has 0 aliphatic rings. The molecule has 3 heteroatoms. The first kappa shape index (κ1) is 21.4.